The average Bonchev–Trinajstić information content (AvgIpc) is 2.70. The van der Waals surface area contributed by atoms with Crippen LogP contribution in [-0.4, -0.2) is 50.9 Å². The molecule has 0 bridgehead atoms. The standard InChI is InChI=1S/C24H32N2O2/c1-18(20-6-4-3-5-7-20)12-22-14-25-10-11-26(22)15-19-8-9-23(21-16-28-17-21)24(13-19)27-2/h3-9,13,18,21-22,25H,10-12,14-17H2,1-2H3. The van der Waals surface area contributed by atoms with Gasteiger partial charge in [-0.1, -0.05) is 49.4 Å². The maximum Gasteiger partial charge on any atom is 0.122 e. The molecule has 1 N–H and O–H groups in total. The molecule has 2 aromatic carbocycles. The zero-order chi connectivity index (χ0) is 19.3. The molecule has 4 heteroatoms. The first-order valence-electron chi connectivity index (χ1n) is 10.5. The molecular weight excluding hydrogens is 348 g/mol. The van der Waals surface area contributed by atoms with Gasteiger partial charge in [0.2, 0.25) is 0 Å². The third kappa shape index (κ3) is 4.40. The molecule has 2 saturated heterocycles. The van der Waals surface area contributed by atoms with Gasteiger partial charge in [-0.05, 0) is 29.5 Å². The van der Waals surface area contributed by atoms with Crippen molar-refractivity contribution >= 4 is 0 Å². The van der Waals surface area contributed by atoms with Crippen LogP contribution >= 0.6 is 0 Å². The Morgan fingerprint density at radius 3 is 2.71 bits per heavy atom. The second-order valence-corrected chi connectivity index (χ2v) is 8.19. The van der Waals surface area contributed by atoms with Gasteiger partial charge in [0.1, 0.15) is 5.75 Å². The number of rotatable bonds is 7. The number of piperazine rings is 1. The minimum Gasteiger partial charge on any atom is -0.496 e. The maximum absolute atomic E-state index is 5.69. The van der Waals surface area contributed by atoms with Gasteiger partial charge in [-0.3, -0.25) is 4.90 Å². The lowest BCUT2D eigenvalue weighted by Crippen LogP contribution is -2.51. The van der Waals surface area contributed by atoms with Gasteiger partial charge in [-0.25, -0.2) is 0 Å². The normalized spacial score (nSPS) is 21.9. The summed E-state index contributed by atoms with van der Waals surface area (Å²) in [5, 5.41) is 3.59. The fourth-order valence-corrected chi connectivity index (χ4v) is 4.41. The number of nitrogens with zero attached hydrogens (tertiary/aromatic N) is 1. The van der Waals surface area contributed by atoms with E-state index in [1.807, 2.05) is 0 Å². The smallest absolute Gasteiger partial charge is 0.122 e. The molecule has 2 aliphatic rings. The van der Waals surface area contributed by atoms with Crippen LogP contribution in [0, 0.1) is 0 Å². The van der Waals surface area contributed by atoms with Crippen LogP contribution in [0.15, 0.2) is 48.5 Å². The van der Waals surface area contributed by atoms with E-state index in [0.717, 1.165) is 45.1 Å². The minimum absolute atomic E-state index is 0.489. The summed E-state index contributed by atoms with van der Waals surface area (Å²) in [6.45, 7) is 8.16. The van der Waals surface area contributed by atoms with Crippen molar-refractivity contribution in [2.75, 3.05) is 40.0 Å². The van der Waals surface area contributed by atoms with Crippen molar-refractivity contribution in [1.29, 1.82) is 0 Å². The Hall–Kier alpha value is -1.88. The van der Waals surface area contributed by atoms with Crippen molar-refractivity contribution < 1.29 is 9.47 Å². The average molecular weight is 381 g/mol. The molecule has 0 aliphatic carbocycles. The van der Waals surface area contributed by atoms with E-state index in [1.165, 1.54) is 23.1 Å². The van der Waals surface area contributed by atoms with Gasteiger partial charge in [-0.2, -0.15) is 0 Å². The monoisotopic (exact) mass is 380 g/mol. The predicted molar refractivity (Wildman–Crippen MR) is 113 cm³/mol. The highest BCUT2D eigenvalue weighted by atomic mass is 16.5. The first kappa shape index (κ1) is 19.4. The van der Waals surface area contributed by atoms with E-state index < -0.39 is 0 Å². The van der Waals surface area contributed by atoms with E-state index >= 15 is 0 Å². The maximum atomic E-state index is 5.69. The summed E-state index contributed by atoms with van der Waals surface area (Å²) < 4.78 is 11.1. The van der Waals surface area contributed by atoms with Gasteiger partial charge in [0.05, 0.1) is 20.3 Å². The lowest BCUT2D eigenvalue weighted by molar-refractivity contribution is 0.00751. The number of hydrogen-bond acceptors (Lipinski definition) is 4. The van der Waals surface area contributed by atoms with Gasteiger partial charge >= 0.3 is 0 Å². The van der Waals surface area contributed by atoms with Gasteiger partial charge in [0, 0.05) is 43.7 Å². The van der Waals surface area contributed by atoms with Crippen molar-refractivity contribution in [2.24, 2.45) is 0 Å². The lowest BCUT2D eigenvalue weighted by atomic mass is 9.92. The van der Waals surface area contributed by atoms with Crippen molar-refractivity contribution in [3.05, 3.63) is 65.2 Å². The first-order chi connectivity index (χ1) is 13.7. The van der Waals surface area contributed by atoms with Gasteiger partial charge < -0.3 is 14.8 Å². The Balaban J connectivity index is 1.44. The molecule has 0 spiro atoms. The van der Waals surface area contributed by atoms with Crippen LogP contribution in [0.1, 0.15) is 41.9 Å². The summed E-state index contributed by atoms with van der Waals surface area (Å²) in [6, 6.07) is 18.2. The van der Waals surface area contributed by atoms with Crippen LogP contribution in [0.25, 0.3) is 0 Å². The molecule has 4 rings (SSSR count). The molecule has 0 saturated carbocycles. The van der Waals surface area contributed by atoms with E-state index in [2.05, 4.69) is 65.7 Å². The largest absolute Gasteiger partial charge is 0.496 e. The first-order valence-corrected chi connectivity index (χ1v) is 10.5. The molecule has 2 heterocycles. The highest BCUT2D eigenvalue weighted by molar-refractivity contribution is 5.41. The Labute approximate surface area is 168 Å². The fourth-order valence-electron chi connectivity index (χ4n) is 4.41. The molecule has 4 nitrogen and oxygen atoms in total. The van der Waals surface area contributed by atoms with Crippen LogP contribution in [0.2, 0.25) is 0 Å². The molecule has 28 heavy (non-hydrogen) atoms. The van der Waals surface area contributed by atoms with E-state index in [4.69, 9.17) is 9.47 Å². The van der Waals surface area contributed by atoms with E-state index in [1.54, 1.807) is 7.11 Å². The summed E-state index contributed by atoms with van der Waals surface area (Å²) in [6.07, 6.45) is 1.17. The summed E-state index contributed by atoms with van der Waals surface area (Å²) >= 11 is 0. The quantitative estimate of drug-likeness (QED) is 0.793. The number of methoxy groups -OCH3 is 1. The number of benzene rings is 2. The van der Waals surface area contributed by atoms with E-state index in [-0.39, 0.29) is 0 Å². The molecule has 2 fully saturated rings. The van der Waals surface area contributed by atoms with Crippen molar-refractivity contribution in [2.45, 2.75) is 37.8 Å². The Morgan fingerprint density at radius 1 is 1.18 bits per heavy atom. The van der Waals surface area contributed by atoms with Gasteiger partial charge in [0.15, 0.2) is 0 Å². The minimum atomic E-state index is 0.489. The Kier molecular flexibility index (Phi) is 6.30. The third-order valence-corrected chi connectivity index (χ3v) is 6.23. The molecule has 150 valence electrons. The van der Waals surface area contributed by atoms with Gasteiger partial charge in [-0.15, -0.1) is 0 Å². The molecule has 0 radical (unpaired) electrons. The molecule has 2 unspecified atom stereocenters. The Morgan fingerprint density at radius 2 is 2.00 bits per heavy atom. The van der Waals surface area contributed by atoms with Crippen LogP contribution in [-0.2, 0) is 11.3 Å². The van der Waals surface area contributed by atoms with E-state index in [9.17, 15) is 0 Å². The summed E-state index contributed by atoms with van der Waals surface area (Å²) in [5.41, 5.74) is 4.05. The molecule has 2 aliphatic heterocycles. The SMILES string of the molecule is COc1cc(CN2CCNCC2CC(C)c2ccccc2)ccc1C1COC1. The van der Waals surface area contributed by atoms with Crippen LogP contribution in [0.5, 0.6) is 5.75 Å². The highest BCUT2D eigenvalue weighted by Gasteiger charge is 2.26. The topological polar surface area (TPSA) is 33.7 Å². The van der Waals surface area contributed by atoms with Gasteiger partial charge in [0.25, 0.3) is 0 Å². The summed E-state index contributed by atoms with van der Waals surface area (Å²) in [5.74, 6) is 2.06. The molecule has 2 atom stereocenters. The van der Waals surface area contributed by atoms with Crippen LogP contribution in [0.4, 0.5) is 0 Å². The van der Waals surface area contributed by atoms with Crippen LogP contribution in [0.3, 0.4) is 0 Å². The Bertz CT molecular complexity index is 760. The van der Waals surface area contributed by atoms with Crippen LogP contribution < -0.4 is 10.1 Å². The fraction of sp³-hybridized carbons (Fsp3) is 0.500. The second-order valence-electron chi connectivity index (χ2n) is 8.19. The summed E-state index contributed by atoms with van der Waals surface area (Å²) in [7, 11) is 1.78. The van der Waals surface area contributed by atoms with Crippen molar-refractivity contribution in [3.63, 3.8) is 0 Å². The number of ether oxygens (including phenoxy) is 2. The number of hydrogen-bond donors (Lipinski definition) is 1. The molecular formula is C24H32N2O2. The van der Waals surface area contributed by atoms with E-state index in [0.29, 0.717) is 17.9 Å². The zero-order valence-corrected chi connectivity index (χ0v) is 17.1. The number of nitrogens with one attached hydrogen (secondary N) is 1. The highest BCUT2D eigenvalue weighted by Crippen LogP contribution is 2.33. The zero-order valence-electron chi connectivity index (χ0n) is 17.1. The molecule has 2 aromatic rings. The predicted octanol–water partition coefficient (Wildman–Crippen LogP) is 3.78. The third-order valence-electron chi connectivity index (χ3n) is 6.23. The second kappa shape index (κ2) is 9.08. The van der Waals surface area contributed by atoms with Crippen molar-refractivity contribution in [1.82, 2.24) is 10.2 Å². The summed E-state index contributed by atoms with van der Waals surface area (Å²) in [4.78, 5) is 2.64. The molecule has 0 aromatic heterocycles. The molecule has 0 amide bonds. The lowest BCUT2D eigenvalue weighted by Gasteiger charge is -2.38. The van der Waals surface area contributed by atoms with Crippen molar-refractivity contribution in [3.8, 4) is 5.75 Å².